The van der Waals surface area contributed by atoms with E-state index in [9.17, 15) is 19.2 Å². The van der Waals surface area contributed by atoms with Gasteiger partial charge in [0, 0.05) is 34.4 Å². The van der Waals surface area contributed by atoms with Crippen LogP contribution in [0, 0.1) is 0 Å². The molecule has 0 radical (unpaired) electrons. The molecule has 8 nitrogen and oxygen atoms in total. The molecule has 0 bridgehead atoms. The zero-order valence-electron chi connectivity index (χ0n) is 16.9. The van der Waals surface area contributed by atoms with E-state index in [2.05, 4.69) is 26.6 Å². The number of carbonyl (C=O) groups is 4. The van der Waals surface area contributed by atoms with Crippen molar-refractivity contribution in [2.45, 2.75) is 25.3 Å². The van der Waals surface area contributed by atoms with Crippen LogP contribution in [0.3, 0.4) is 0 Å². The van der Waals surface area contributed by atoms with Crippen molar-refractivity contribution in [3.05, 3.63) is 58.6 Å². The Hall–Kier alpha value is -3.20. The molecule has 0 aromatic heterocycles. The summed E-state index contributed by atoms with van der Waals surface area (Å²) in [6, 6.07) is 13.4. The van der Waals surface area contributed by atoms with Gasteiger partial charge >= 0.3 is 6.03 Å². The smallest absolute Gasteiger partial charge is 0.325 e. The lowest BCUT2D eigenvalue weighted by Crippen LogP contribution is -2.42. The van der Waals surface area contributed by atoms with E-state index in [1.165, 1.54) is 0 Å². The van der Waals surface area contributed by atoms with Gasteiger partial charge in [0.05, 0.1) is 0 Å². The molecule has 0 spiro atoms. The molecule has 2 heterocycles. The summed E-state index contributed by atoms with van der Waals surface area (Å²) in [6.07, 6.45) is 1.38. The molecule has 1 unspecified atom stereocenters. The number of urea groups is 1. The Morgan fingerprint density at radius 3 is 2.48 bits per heavy atom. The quantitative estimate of drug-likeness (QED) is 0.637. The summed E-state index contributed by atoms with van der Waals surface area (Å²) in [5.41, 5.74) is 0.643. The van der Waals surface area contributed by atoms with Crippen LogP contribution in [-0.2, 0) is 19.9 Å². The van der Waals surface area contributed by atoms with Gasteiger partial charge in [-0.15, -0.1) is 0 Å². The second-order valence-corrected chi connectivity index (χ2v) is 8.52. The van der Waals surface area contributed by atoms with Crippen LogP contribution < -0.4 is 15.5 Å². The first-order chi connectivity index (χ1) is 14.8. The van der Waals surface area contributed by atoms with Crippen LogP contribution in [-0.4, -0.2) is 41.7 Å². The third-order valence-corrected chi connectivity index (χ3v) is 6.22. The van der Waals surface area contributed by atoms with Crippen molar-refractivity contribution in [1.29, 1.82) is 0 Å². The van der Waals surface area contributed by atoms with Gasteiger partial charge in [0.15, 0.2) is 0 Å². The molecule has 0 aliphatic carbocycles. The molecule has 2 aliphatic heterocycles. The lowest BCUT2D eigenvalue weighted by atomic mass is 9.92. The van der Waals surface area contributed by atoms with Gasteiger partial charge in [-0.1, -0.05) is 34.1 Å². The summed E-state index contributed by atoms with van der Waals surface area (Å²) >= 11 is 3.41. The maximum Gasteiger partial charge on any atom is 0.325 e. The fourth-order valence-electron chi connectivity index (χ4n) is 3.88. The van der Waals surface area contributed by atoms with Gasteiger partial charge in [0.25, 0.3) is 5.91 Å². The van der Waals surface area contributed by atoms with E-state index in [1.807, 2.05) is 6.07 Å². The fourth-order valence-corrected chi connectivity index (χ4v) is 4.56. The van der Waals surface area contributed by atoms with E-state index >= 15 is 0 Å². The summed E-state index contributed by atoms with van der Waals surface area (Å²) < 4.78 is 0.689. The van der Waals surface area contributed by atoms with Crippen LogP contribution >= 0.6 is 15.9 Å². The molecule has 2 fully saturated rings. The summed E-state index contributed by atoms with van der Waals surface area (Å²) in [5.74, 6) is -0.907. The number of imide groups is 1. The molecule has 2 N–H and O–H groups in total. The topological polar surface area (TPSA) is 98.8 Å². The van der Waals surface area contributed by atoms with E-state index in [-0.39, 0.29) is 5.91 Å². The Kier molecular flexibility index (Phi) is 5.53. The summed E-state index contributed by atoms with van der Waals surface area (Å²) in [5, 5.41) is 5.38. The minimum absolute atomic E-state index is 0.0865. The Labute approximate surface area is 187 Å². The monoisotopic (exact) mass is 484 g/mol. The van der Waals surface area contributed by atoms with Crippen LogP contribution in [0.2, 0.25) is 0 Å². The average molecular weight is 485 g/mol. The first-order valence-electron chi connectivity index (χ1n) is 9.89. The second kappa shape index (κ2) is 8.14. The molecule has 2 aliphatic rings. The van der Waals surface area contributed by atoms with E-state index in [4.69, 9.17) is 0 Å². The maximum absolute atomic E-state index is 13.0. The molecule has 2 aromatic carbocycles. The van der Waals surface area contributed by atoms with Crippen LogP contribution in [0.15, 0.2) is 53.0 Å². The van der Waals surface area contributed by atoms with Crippen LogP contribution in [0.5, 0.6) is 0 Å². The standard InChI is InChI=1S/C22H21BrN4O4/c1-22(16-5-2-3-6-17(16)23)20(30)27(21(31)25-22)13-18(28)24-14-8-10-15(11-9-14)26-12-4-7-19(26)29/h2-3,5-6,8-11H,4,7,12-13H2,1H3,(H,24,28)(H,25,31). The number of halogens is 1. The first-order valence-corrected chi connectivity index (χ1v) is 10.7. The average Bonchev–Trinajstić information content (AvgIpc) is 3.26. The summed E-state index contributed by atoms with van der Waals surface area (Å²) in [6.45, 7) is 1.90. The number of hydrogen-bond acceptors (Lipinski definition) is 4. The normalized spacial score (nSPS) is 20.9. The Balaban J connectivity index is 1.43. The molecule has 2 saturated heterocycles. The highest BCUT2D eigenvalue weighted by molar-refractivity contribution is 9.10. The van der Waals surface area contributed by atoms with Crippen molar-refractivity contribution in [1.82, 2.24) is 10.2 Å². The highest BCUT2D eigenvalue weighted by atomic mass is 79.9. The van der Waals surface area contributed by atoms with Gasteiger partial charge in [-0.3, -0.25) is 19.3 Å². The summed E-state index contributed by atoms with van der Waals surface area (Å²) in [4.78, 5) is 52.4. The van der Waals surface area contributed by atoms with Gasteiger partial charge in [0.1, 0.15) is 12.1 Å². The van der Waals surface area contributed by atoms with Crippen molar-refractivity contribution in [3.63, 3.8) is 0 Å². The van der Waals surface area contributed by atoms with Crippen molar-refractivity contribution in [3.8, 4) is 0 Å². The van der Waals surface area contributed by atoms with E-state index in [0.29, 0.717) is 28.7 Å². The molecule has 2 aromatic rings. The summed E-state index contributed by atoms with van der Waals surface area (Å²) in [7, 11) is 0. The number of amides is 5. The number of anilines is 2. The van der Waals surface area contributed by atoms with Crippen molar-refractivity contribution in [2.75, 3.05) is 23.3 Å². The molecule has 31 heavy (non-hydrogen) atoms. The third kappa shape index (κ3) is 3.93. The lowest BCUT2D eigenvalue weighted by molar-refractivity contribution is -0.133. The number of carbonyl (C=O) groups excluding carboxylic acids is 4. The number of nitrogens with zero attached hydrogens (tertiary/aromatic N) is 2. The maximum atomic E-state index is 13.0. The minimum atomic E-state index is -1.26. The molecular weight excluding hydrogens is 464 g/mol. The van der Waals surface area contributed by atoms with Crippen molar-refractivity contribution < 1.29 is 19.2 Å². The highest BCUT2D eigenvalue weighted by Gasteiger charge is 2.50. The van der Waals surface area contributed by atoms with Gasteiger partial charge in [-0.05, 0) is 43.7 Å². The minimum Gasteiger partial charge on any atom is -0.325 e. The zero-order valence-corrected chi connectivity index (χ0v) is 18.4. The predicted octanol–water partition coefficient (Wildman–Crippen LogP) is 2.98. The van der Waals surface area contributed by atoms with Gasteiger partial charge in [0.2, 0.25) is 11.8 Å². The van der Waals surface area contributed by atoms with Crippen molar-refractivity contribution in [2.24, 2.45) is 0 Å². The molecule has 160 valence electrons. The highest BCUT2D eigenvalue weighted by Crippen LogP contribution is 2.33. The Bertz CT molecular complexity index is 1070. The lowest BCUT2D eigenvalue weighted by Gasteiger charge is -2.23. The Morgan fingerprint density at radius 1 is 1.13 bits per heavy atom. The molecule has 4 rings (SSSR count). The van der Waals surface area contributed by atoms with Crippen LogP contribution in [0.4, 0.5) is 16.2 Å². The van der Waals surface area contributed by atoms with E-state index in [0.717, 1.165) is 17.0 Å². The molecule has 9 heteroatoms. The number of benzene rings is 2. The second-order valence-electron chi connectivity index (χ2n) is 7.67. The number of nitrogens with one attached hydrogen (secondary N) is 2. The molecule has 0 saturated carbocycles. The van der Waals surface area contributed by atoms with Gasteiger partial charge in [-0.25, -0.2) is 4.79 Å². The van der Waals surface area contributed by atoms with Gasteiger partial charge < -0.3 is 15.5 Å². The number of rotatable bonds is 5. The SMILES string of the molecule is CC1(c2ccccc2Br)NC(=O)N(CC(=O)Nc2ccc(N3CCCC3=O)cc2)C1=O. The Morgan fingerprint density at radius 2 is 1.84 bits per heavy atom. The number of hydrogen-bond donors (Lipinski definition) is 2. The van der Waals surface area contributed by atoms with Crippen LogP contribution in [0.1, 0.15) is 25.3 Å². The van der Waals surface area contributed by atoms with E-state index in [1.54, 1.807) is 54.3 Å². The largest absolute Gasteiger partial charge is 0.325 e. The zero-order chi connectivity index (χ0) is 22.2. The fraction of sp³-hybridized carbons (Fsp3) is 0.273. The predicted molar refractivity (Wildman–Crippen MR) is 118 cm³/mol. The van der Waals surface area contributed by atoms with Gasteiger partial charge in [-0.2, -0.15) is 0 Å². The molecular formula is C22H21BrN4O4. The molecule has 1 atom stereocenters. The third-order valence-electron chi connectivity index (χ3n) is 5.53. The first kappa shape index (κ1) is 21.0. The molecule has 5 amide bonds. The van der Waals surface area contributed by atoms with Crippen LogP contribution in [0.25, 0.3) is 0 Å². The van der Waals surface area contributed by atoms with E-state index < -0.39 is 29.9 Å². The van der Waals surface area contributed by atoms with Crippen molar-refractivity contribution >= 4 is 51.1 Å².